The third kappa shape index (κ3) is 4.96. The SMILES string of the molecule is COc1ccc(S(=O)(=O)C2CCN(C(=O)CCc3ccc(F)c(C)c3)CC2)cc1. The van der Waals surface area contributed by atoms with Gasteiger partial charge in [0.25, 0.3) is 0 Å². The monoisotopic (exact) mass is 419 g/mol. The van der Waals surface area contributed by atoms with E-state index in [1.807, 2.05) is 0 Å². The van der Waals surface area contributed by atoms with Gasteiger partial charge in [-0.1, -0.05) is 12.1 Å². The fraction of sp³-hybridized carbons (Fsp3) is 0.409. The number of nitrogens with zero attached hydrogens (tertiary/aromatic N) is 1. The first-order valence-corrected chi connectivity index (χ1v) is 11.3. The standard InChI is InChI=1S/C22H26FNO4S/c1-16-15-17(3-9-21(16)23)4-10-22(25)24-13-11-20(12-14-24)29(26,27)19-7-5-18(28-2)6-8-19/h3,5-9,15,20H,4,10-14H2,1-2H3. The van der Waals surface area contributed by atoms with Crippen molar-refractivity contribution < 1.29 is 22.3 Å². The van der Waals surface area contributed by atoms with E-state index in [1.165, 1.54) is 13.2 Å². The molecule has 0 radical (unpaired) electrons. The largest absolute Gasteiger partial charge is 0.497 e. The van der Waals surface area contributed by atoms with Crippen molar-refractivity contribution in [2.45, 2.75) is 42.8 Å². The first-order chi connectivity index (χ1) is 13.8. The van der Waals surface area contributed by atoms with Crippen molar-refractivity contribution in [1.29, 1.82) is 0 Å². The molecular formula is C22H26FNO4S. The smallest absolute Gasteiger partial charge is 0.222 e. The molecule has 0 unspecified atom stereocenters. The molecule has 0 saturated carbocycles. The average molecular weight is 420 g/mol. The Morgan fingerprint density at radius 1 is 1.14 bits per heavy atom. The number of halogens is 1. The summed E-state index contributed by atoms with van der Waals surface area (Å²) in [6.45, 7) is 2.57. The van der Waals surface area contributed by atoms with Crippen molar-refractivity contribution in [3.63, 3.8) is 0 Å². The van der Waals surface area contributed by atoms with Crippen LogP contribution in [0.2, 0.25) is 0 Å². The number of amides is 1. The van der Waals surface area contributed by atoms with Crippen LogP contribution in [-0.4, -0.2) is 44.7 Å². The van der Waals surface area contributed by atoms with Crippen LogP contribution in [0.4, 0.5) is 4.39 Å². The van der Waals surface area contributed by atoms with Gasteiger partial charge < -0.3 is 9.64 Å². The predicted molar refractivity (Wildman–Crippen MR) is 109 cm³/mol. The van der Waals surface area contributed by atoms with Gasteiger partial charge in [0.05, 0.1) is 17.3 Å². The minimum Gasteiger partial charge on any atom is -0.497 e. The van der Waals surface area contributed by atoms with Gasteiger partial charge in [0.15, 0.2) is 9.84 Å². The summed E-state index contributed by atoms with van der Waals surface area (Å²) >= 11 is 0. The van der Waals surface area contributed by atoms with E-state index in [0.717, 1.165) is 5.56 Å². The van der Waals surface area contributed by atoms with E-state index in [4.69, 9.17) is 4.74 Å². The number of sulfone groups is 1. The van der Waals surface area contributed by atoms with Gasteiger partial charge in [0, 0.05) is 19.5 Å². The molecule has 2 aromatic carbocycles. The number of hydrogen-bond acceptors (Lipinski definition) is 4. The van der Waals surface area contributed by atoms with Gasteiger partial charge in [-0.25, -0.2) is 12.8 Å². The highest BCUT2D eigenvalue weighted by molar-refractivity contribution is 7.92. The highest BCUT2D eigenvalue weighted by atomic mass is 32.2. The van der Waals surface area contributed by atoms with Crippen molar-refractivity contribution in [3.8, 4) is 5.75 Å². The highest BCUT2D eigenvalue weighted by Gasteiger charge is 2.32. The second kappa shape index (κ2) is 8.95. The van der Waals surface area contributed by atoms with Gasteiger partial charge in [0.1, 0.15) is 11.6 Å². The zero-order valence-corrected chi connectivity index (χ0v) is 17.5. The normalized spacial score (nSPS) is 15.3. The van der Waals surface area contributed by atoms with E-state index >= 15 is 0 Å². The van der Waals surface area contributed by atoms with Crippen LogP contribution in [-0.2, 0) is 21.1 Å². The Hall–Kier alpha value is -2.41. The summed E-state index contributed by atoms with van der Waals surface area (Å²) in [5.74, 6) is 0.369. The molecule has 1 amide bonds. The second-order valence-corrected chi connectivity index (χ2v) is 9.61. The van der Waals surface area contributed by atoms with E-state index in [-0.39, 0.29) is 16.6 Å². The van der Waals surface area contributed by atoms with Crippen molar-refractivity contribution in [3.05, 3.63) is 59.4 Å². The van der Waals surface area contributed by atoms with Crippen LogP contribution >= 0.6 is 0 Å². The lowest BCUT2D eigenvalue weighted by atomic mass is 10.1. The third-order valence-corrected chi connectivity index (χ3v) is 7.75. The molecule has 1 heterocycles. The summed E-state index contributed by atoms with van der Waals surface area (Å²) in [7, 11) is -1.89. The number of aryl methyl sites for hydroxylation is 2. The third-order valence-electron chi connectivity index (χ3n) is 5.47. The number of piperidine rings is 1. The zero-order valence-electron chi connectivity index (χ0n) is 16.7. The maximum absolute atomic E-state index is 13.4. The summed E-state index contributed by atoms with van der Waals surface area (Å²) in [5, 5.41) is -0.486. The molecule has 2 aromatic rings. The Morgan fingerprint density at radius 3 is 2.38 bits per heavy atom. The van der Waals surface area contributed by atoms with Crippen LogP contribution in [0.15, 0.2) is 47.4 Å². The van der Waals surface area contributed by atoms with E-state index in [2.05, 4.69) is 0 Å². The van der Waals surface area contributed by atoms with Crippen molar-refractivity contribution in [2.24, 2.45) is 0 Å². The molecule has 0 N–H and O–H groups in total. The van der Waals surface area contributed by atoms with Crippen LogP contribution in [0.3, 0.4) is 0 Å². The lowest BCUT2D eigenvalue weighted by Gasteiger charge is -2.32. The number of carbonyl (C=O) groups excluding carboxylic acids is 1. The van der Waals surface area contributed by atoms with Gasteiger partial charge >= 0.3 is 0 Å². The Bertz CT molecular complexity index is 965. The van der Waals surface area contributed by atoms with Gasteiger partial charge in [-0.15, -0.1) is 0 Å². The van der Waals surface area contributed by atoms with Gasteiger partial charge in [-0.2, -0.15) is 0 Å². The zero-order chi connectivity index (χ0) is 21.0. The fourth-order valence-corrected chi connectivity index (χ4v) is 5.38. The fourth-order valence-electron chi connectivity index (χ4n) is 3.65. The maximum atomic E-state index is 13.4. The molecule has 5 nitrogen and oxygen atoms in total. The number of methoxy groups -OCH3 is 1. The second-order valence-electron chi connectivity index (χ2n) is 7.38. The Morgan fingerprint density at radius 2 is 1.79 bits per heavy atom. The van der Waals surface area contributed by atoms with E-state index in [1.54, 1.807) is 48.2 Å². The summed E-state index contributed by atoms with van der Waals surface area (Å²) in [6.07, 6.45) is 1.73. The maximum Gasteiger partial charge on any atom is 0.222 e. The van der Waals surface area contributed by atoms with Crippen LogP contribution in [0.25, 0.3) is 0 Å². The molecule has 0 bridgehead atoms. The Kier molecular flexibility index (Phi) is 6.57. The molecule has 156 valence electrons. The first kappa shape index (κ1) is 21.3. The molecule has 3 rings (SSSR count). The molecule has 0 aromatic heterocycles. The minimum atomic E-state index is -3.43. The summed E-state index contributed by atoms with van der Waals surface area (Å²) < 4.78 is 44.1. The lowest BCUT2D eigenvalue weighted by molar-refractivity contribution is -0.132. The molecule has 1 saturated heterocycles. The summed E-state index contributed by atoms with van der Waals surface area (Å²) in [4.78, 5) is 14.5. The molecule has 0 atom stereocenters. The van der Waals surface area contributed by atoms with Gasteiger partial charge in [-0.05, 0) is 67.6 Å². The molecule has 7 heteroatoms. The van der Waals surface area contributed by atoms with Crippen LogP contribution in [0, 0.1) is 12.7 Å². The van der Waals surface area contributed by atoms with E-state index < -0.39 is 15.1 Å². The number of ether oxygens (including phenoxy) is 1. The highest BCUT2D eigenvalue weighted by Crippen LogP contribution is 2.26. The molecule has 1 fully saturated rings. The van der Waals surface area contributed by atoms with Crippen molar-refractivity contribution >= 4 is 15.7 Å². The van der Waals surface area contributed by atoms with E-state index in [9.17, 15) is 17.6 Å². The lowest BCUT2D eigenvalue weighted by Crippen LogP contribution is -2.42. The number of benzene rings is 2. The molecule has 1 aliphatic heterocycles. The minimum absolute atomic E-state index is 0.00673. The average Bonchev–Trinajstić information content (AvgIpc) is 2.74. The summed E-state index contributed by atoms with van der Waals surface area (Å²) in [5.41, 5.74) is 1.49. The molecular weight excluding hydrogens is 393 g/mol. The molecule has 0 aliphatic carbocycles. The Labute approximate surface area is 171 Å². The van der Waals surface area contributed by atoms with Gasteiger partial charge in [-0.3, -0.25) is 4.79 Å². The van der Waals surface area contributed by atoms with Crippen LogP contribution in [0.5, 0.6) is 5.75 Å². The van der Waals surface area contributed by atoms with Crippen LogP contribution < -0.4 is 4.74 Å². The predicted octanol–water partition coefficient (Wildman–Crippen LogP) is 3.54. The van der Waals surface area contributed by atoms with Crippen molar-refractivity contribution in [1.82, 2.24) is 4.90 Å². The number of rotatable bonds is 6. The molecule has 29 heavy (non-hydrogen) atoms. The quantitative estimate of drug-likeness (QED) is 0.719. The topological polar surface area (TPSA) is 63.7 Å². The van der Waals surface area contributed by atoms with Crippen LogP contribution in [0.1, 0.15) is 30.4 Å². The van der Waals surface area contributed by atoms with Crippen molar-refractivity contribution in [2.75, 3.05) is 20.2 Å². The Balaban J connectivity index is 1.54. The number of carbonyl (C=O) groups is 1. The van der Waals surface area contributed by atoms with E-state index in [0.29, 0.717) is 50.1 Å². The summed E-state index contributed by atoms with van der Waals surface area (Å²) in [6, 6.07) is 11.3. The number of likely N-dealkylation sites (tertiary alicyclic amines) is 1. The first-order valence-electron chi connectivity index (χ1n) is 9.72. The molecule has 0 spiro atoms. The van der Waals surface area contributed by atoms with Gasteiger partial charge in [0.2, 0.25) is 5.91 Å². The molecule has 1 aliphatic rings. The number of hydrogen-bond donors (Lipinski definition) is 0.